The molecule has 4 heteroatoms. The van der Waals surface area contributed by atoms with Crippen LogP contribution >= 0.6 is 0 Å². The van der Waals surface area contributed by atoms with E-state index in [4.69, 9.17) is 0 Å². The van der Waals surface area contributed by atoms with Crippen LogP contribution in [-0.4, -0.2) is 20.4 Å². The van der Waals surface area contributed by atoms with Gasteiger partial charge in [-0.1, -0.05) is 0 Å². The molecule has 1 rings (SSSR count). The smallest absolute Gasteiger partial charge is 0.205 e. The highest BCUT2D eigenvalue weighted by Gasteiger charge is 2.08. The van der Waals surface area contributed by atoms with E-state index in [2.05, 4.69) is 4.40 Å². The van der Waals surface area contributed by atoms with Gasteiger partial charge in [-0.25, -0.2) is 8.42 Å². The Morgan fingerprint density at radius 1 is 1.33 bits per heavy atom. The first-order chi connectivity index (χ1) is 4.21. The summed E-state index contributed by atoms with van der Waals surface area (Å²) in [6.07, 6.45) is 3.99. The predicted octanol–water partition coefficient (Wildman–Crippen LogP) is 0.571. The zero-order chi connectivity index (χ0) is 6.74. The van der Waals surface area contributed by atoms with Gasteiger partial charge in [0.1, 0.15) is 0 Å². The van der Waals surface area contributed by atoms with Gasteiger partial charge in [0.25, 0.3) is 10.0 Å². The first-order valence-electron chi connectivity index (χ1n) is 2.97. The Labute approximate surface area is 54.8 Å². The molecule has 0 fully saturated rings. The number of hydrogen-bond acceptors (Lipinski definition) is 2. The van der Waals surface area contributed by atoms with Gasteiger partial charge in [-0.3, -0.25) is 0 Å². The largest absolute Gasteiger partial charge is 0.252 e. The summed E-state index contributed by atoms with van der Waals surface area (Å²) in [6.45, 7) is 0. The standard InChI is InChI=1S/C5H9NO2S/c7-9(8)5-3-1-2-4-6-9/h4H,1-3,5H2. The summed E-state index contributed by atoms with van der Waals surface area (Å²) in [4.78, 5) is 0. The lowest BCUT2D eigenvalue weighted by atomic mass is 10.3. The third kappa shape index (κ3) is 2.13. The van der Waals surface area contributed by atoms with Gasteiger partial charge >= 0.3 is 0 Å². The van der Waals surface area contributed by atoms with Crippen molar-refractivity contribution in [3.05, 3.63) is 0 Å². The SMILES string of the molecule is O=S1(=O)CCCCC=N1. The van der Waals surface area contributed by atoms with Crippen molar-refractivity contribution in [2.24, 2.45) is 4.40 Å². The van der Waals surface area contributed by atoms with Crippen LogP contribution in [0, 0.1) is 0 Å². The fourth-order valence-electron chi connectivity index (χ4n) is 0.739. The summed E-state index contributed by atoms with van der Waals surface area (Å²) in [7, 11) is -3.05. The first kappa shape index (κ1) is 6.74. The first-order valence-corrected chi connectivity index (χ1v) is 4.58. The molecule has 0 bridgehead atoms. The highest BCUT2D eigenvalue weighted by molar-refractivity contribution is 7.90. The molecular weight excluding hydrogens is 138 g/mol. The molecule has 0 saturated heterocycles. The van der Waals surface area contributed by atoms with Crippen molar-refractivity contribution in [3.8, 4) is 0 Å². The molecule has 0 spiro atoms. The van der Waals surface area contributed by atoms with Gasteiger partial charge in [0.05, 0.1) is 5.75 Å². The van der Waals surface area contributed by atoms with E-state index in [1.165, 1.54) is 6.21 Å². The highest BCUT2D eigenvalue weighted by atomic mass is 32.2. The maximum atomic E-state index is 10.7. The van der Waals surface area contributed by atoms with E-state index in [1.807, 2.05) is 0 Å². The van der Waals surface area contributed by atoms with Crippen LogP contribution in [0.15, 0.2) is 4.40 Å². The van der Waals surface area contributed by atoms with Gasteiger partial charge in [0, 0.05) is 6.21 Å². The van der Waals surface area contributed by atoms with Gasteiger partial charge in [0.15, 0.2) is 0 Å². The molecule has 0 atom stereocenters. The topological polar surface area (TPSA) is 46.5 Å². The summed E-state index contributed by atoms with van der Waals surface area (Å²) in [5.74, 6) is 0.226. The number of rotatable bonds is 0. The van der Waals surface area contributed by atoms with Gasteiger partial charge in [0.2, 0.25) is 0 Å². The highest BCUT2D eigenvalue weighted by Crippen LogP contribution is 2.04. The molecule has 0 aromatic heterocycles. The summed E-state index contributed by atoms with van der Waals surface area (Å²) in [6, 6.07) is 0. The predicted molar refractivity (Wildman–Crippen MR) is 36.1 cm³/mol. The van der Waals surface area contributed by atoms with Gasteiger partial charge in [-0.05, 0) is 19.3 Å². The van der Waals surface area contributed by atoms with E-state index in [0.29, 0.717) is 0 Å². The van der Waals surface area contributed by atoms with Crippen LogP contribution < -0.4 is 0 Å². The lowest BCUT2D eigenvalue weighted by Gasteiger charge is -1.89. The minimum atomic E-state index is -3.05. The molecule has 0 amide bonds. The zero-order valence-electron chi connectivity index (χ0n) is 5.08. The Morgan fingerprint density at radius 2 is 2.11 bits per heavy atom. The maximum Gasteiger partial charge on any atom is 0.252 e. The second kappa shape index (κ2) is 2.47. The van der Waals surface area contributed by atoms with Crippen molar-refractivity contribution < 1.29 is 8.42 Å². The van der Waals surface area contributed by atoms with Crippen molar-refractivity contribution in [3.63, 3.8) is 0 Å². The van der Waals surface area contributed by atoms with E-state index in [0.717, 1.165) is 19.3 Å². The zero-order valence-corrected chi connectivity index (χ0v) is 5.89. The van der Waals surface area contributed by atoms with Crippen LogP contribution in [0.3, 0.4) is 0 Å². The molecule has 0 aromatic carbocycles. The number of sulfonamides is 1. The summed E-state index contributed by atoms with van der Waals surface area (Å²) >= 11 is 0. The molecule has 0 radical (unpaired) electrons. The van der Waals surface area contributed by atoms with Gasteiger partial charge < -0.3 is 0 Å². The van der Waals surface area contributed by atoms with Crippen LogP contribution in [0.5, 0.6) is 0 Å². The van der Waals surface area contributed by atoms with E-state index >= 15 is 0 Å². The van der Waals surface area contributed by atoms with Crippen LogP contribution in [0.4, 0.5) is 0 Å². The van der Waals surface area contributed by atoms with E-state index in [-0.39, 0.29) is 5.75 Å². The molecule has 1 aliphatic heterocycles. The third-order valence-corrected chi connectivity index (χ3v) is 2.50. The van der Waals surface area contributed by atoms with E-state index < -0.39 is 10.0 Å². The lowest BCUT2D eigenvalue weighted by Crippen LogP contribution is -1.99. The molecule has 1 heterocycles. The number of nitrogens with zero attached hydrogens (tertiary/aromatic N) is 1. The van der Waals surface area contributed by atoms with Crippen LogP contribution in [0.25, 0.3) is 0 Å². The molecule has 52 valence electrons. The van der Waals surface area contributed by atoms with Crippen molar-refractivity contribution in [1.82, 2.24) is 0 Å². The quantitative estimate of drug-likeness (QED) is 0.503. The van der Waals surface area contributed by atoms with Gasteiger partial charge in [-0.2, -0.15) is 4.40 Å². The third-order valence-electron chi connectivity index (χ3n) is 1.22. The fourth-order valence-corrected chi connectivity index (χ4v) is 1.75. The van der Waals surface area contributed by atoms with E-state index in [1.54, 1.807) is 0 Å². The second-order valence-electron chi connectivity index (χ2n) is 2.07. The minimum absolute atomic E-state index is 0.226. The van der Waals surface area contributed by atoms with Crippen molar-refractivity contribution >= 4 is 16.2 Å². The fraction of sp³-hybridized carbons (Fsp3) is 0.800. The Balaban J connectivity index is 2.76. The Hall–Kier alpha value is -0.380. The lowest BCUT2D eigenvalue weighted by molar-refractivity contribution is 0.596. The minimum Gasteiger partial charge on any atom is -0.205 e. The molecule has 0 aliphatic carbocycles. The molecule has 9 heavy (non-hydrogen) atoms. The molecule has 0 unspecified atom stereocenters. The summed E-state index contributed by atoms with van der Waals surface area (Å²) in [5, 5.41) is 0. The van der Waals surface area contributed by atoms with Crippen molar-refractivity contribution in [2.45, 2.75) is 19.3 Å². The molecule has 3 nitrogen and oxygen atoms in total. The molecule has 0 saturated carbocycles. The van der Waals surface area contributed by atoms with Crippen molar-refractivity contribution in [2.75, 3.05) is 5.75 Å². The van der Waals surface area contributed by atoms with Gasteiger partial charge in [-0.15, -0.1) is 0 Å². The monoisotopic (exact) mass is 147 g/mol. The van der Waals surface area contributed by atoms with Crippen LogP contribution in [-0.2, 0) is 10.0 Å². The Morgan fingerprint density at radius 3 is 2.89 bits per heavy atom. The average molecular weight is 147 g/mol. The summed E-state index contributed by atoms with van der Waals surface area (Å²) < 4.78 is 24.7. The van der Waals surface area contributed by atoms with E-state index in [9.17, 15) is 8.42 Å². The molecule has 0 N–H and O–H groups in total. The Kier molecular flexibility index (Phi) is 1.85. The molecular formula is C5H9NO2S. The number of hydrogen-bond donors (Lipinski definition) is 0. The second-order valence-corrected chi connectivity index (χ2v) is 3.85. The summed E-state index contributed by atoms with van der Waals surface area (Å²) in [5.41, 5.74) is 0. The Bertz CT molecular complexity index is 205. The normalized spacial score (nSPS) is 25.3. The van der Waals surface area contributed by atoms with Crippen molar-refractivity contribution in [1.29, 1.82) is 0 Å². The van der Waals surface area contributed by atoms with Crippen LogP contribution in [0.1, 0.15) is 19.3 Å². The maximum absolute atomic E-state index is 10.7. The molecule has 0 aromatic rings. The van der Waals surface area contributed by atoms with Crippen LogP contribution in [0.2, 0.25) is 0 Å². The molecule has 1 aliphatic rings. The average Bonchev–Trinajstić information content (AvgIpc) is 1.92.